The van der Waals surface area contributed by atoms with Crippen molar-refractivity contribution in [2.24, 2.45) is 0 Å². The van der Waals surface area contributed by atoms with Crippen LogP contribution in [-0.4, -0.2) is 18.5 Å². The zero-order chi connectivity index (χ0) is 19.1. The van der Waals surface area contributed by atoms with Gasteiger partial charge in [-0.25, -0.2) is 0 Å². The second-order valence-corrected chi connectivity index (χ2v) is 6.70. The Morgan fingerprint density at radius 3 is 2.50 bits per heavy atom. The highest BCUT2D eigenvalue weighted by Crippen LogP contribution is 2.26. The first-order chi connectivity index (χ1) is 12.4. The molecular weight excluding hydrogens is 326 g/mol. The summed E-state index contributed by atoms with van der Waals surface area (Å²) >= 11 is 0. The van der Waals surface area contributed by atoms with Crippen LogP contribution in [0.3, 0.4) is 0 Å². The summed E-state index contributed by atoms with van der Waals surface area (Å²) in [6, 6.07) is 13.6. The van der Waals surface area contributed by atoms with Gasteiger partial charge in [0.25, 0.3) is 5.91 Å². The fraction of sp³-hybridized carbons (Fsp3) is 0.364. The number of hydrogen-bond donors (Lipinski definition) is 1. The van der Waals surface area contributed by atoms with Crippen LogP contribution in [0.2, 0.25) is 0 Å². The molecule has 4 nitrogen and oxygen atoms in total. The van der Waals surface area contributed by atoms with Crippen molar-refractivity contribution in [3.05, 3.63) is 64.7 Å². The molecule has 0 fully saturated rings. The molecule has 4 heteroatoms. The Labute approximate surface area is 155 Å². The number of aryl methyl sites for hydroxylation is 2. The number of carbonyl (C=O) groups is 2. The third-order valence-corrected chi connectivity index (χ3v) is 4.66. The molecular formula is C22H27NO3. The van der Waals surface area contributed by atoms with Crippen molar-refractivity contribution in [3.8, 4) is 0 Å². The molecule has 2 aromatic carbocycles. The normalized spacial score (nSPS) is 11.7. The highest BCUT2D eigenvalue weighted by Gasteiger charge is 2.13. The molecule has 0 saturated heterocycles. The van der Waals surface area contributed by atoms with E-state index >= 15 is 0 Å². The molecule has 138 valence electrons. The zero-order valence-electron chi connectivity index (χ0n) is 16.0. The Bertz CT molecular complexity index is 783. The molecule has 0 saturated carbocycles. The average Bonchev–Trinajstić information content (AvgIpc) is 2.63. The van der Waals surface area contributed by atoms with Crippen molar-refractivity contribution in [2.45, 2.75) is 46.5 Å². The maximum Gasteiger partial charge on any atom is 0.310 e. The van der Waals surface area contributed by atoms with E-state index in [1.165, 1.54) is 5.56 Å². The summed E-state index contributed by atoms with van der Waals surface area (Å²) in [6.45, 7) is 7.98. The minimum atomic E-state index is -0.404. The third kappa shape index (κ3) is 5.45. The molecule has 1 amide bonds. The van der Waals surface area contributed by atoms with Crippen LogP contribution in [0.4, 0.5) is 5.69 Å². The summed E-state index contributed by atoms with van der Waals surface area (Å²) in [5.41, 5.74) is 5.07. The largest absolute Gasteiger partial charge is 0.455 e. The topological polar surface area (TPSA) is 55.4 Å². The van der Waals surface area contributed by atoms with Crippen molar-refractivity contribution >= 4 is 17.6 Å². The Hall–Kier alpha value is -2.62. The van der Waals surface area contributed by atoms with Crippen LogP contribution >= 0.6 is 0 Å². The number of para-hydroxylation sites is 1. The van der Waals surface area contributed by atoms with E-state index in [0.29, 0.717) is 5.92 Å². The van der Waals surface area contributed by atoms with E-state index in [1.54, 1.807) is 0 Å². The standard InChI is InChI=1S/C22H27NO3/c1-5-15(2)19-8-6-7-9-20(19)23-21(24)14-26-22(25)13-18-11-10-16(3)17(4)12-18/h6-12,15H,5,13-14H2,1-4H3,(H,23,24)/t15-/m0/s1. The Morgan fingerprint density at radius 2 is 1.81 bits per heavy atom. The van der Waals surface area contributed by atoms with Crippen molar-refractivity contribution in [3.63, 3.8) is 0 Å². The molecule has 0 radical (unpaired) electrons. The molecule has 1 N–H and O–H groups in total. The van der Waals surface area contributed by atoms with E-state index in [4.69, 9.17) is 4.74 Å². The molecule has 26 heavy (non-hydrogen) atoms. The van der Waals surface area contributed by atoms with Crippen molar-refractivity contribution in [1.82, 2.24) is 0 Å². The molecule has 1 atom stereocenters. The summed E-state index contributed by atoms with van der Waals surface area (Å²) in [4.78, 5) is 24.1. The van der Waals surface area contributed by atoms with Crippen molar-refractivity contribution in [1.29, 1.82) is 0 Å². The molecule has 0 spiro atoms. The smallest absolute Gasteiger partial charge is 0.310 e. The van der Waals surface area contributed by atoms with Gasteiger partial charge in [-0.1, -0.05) is 50.2 Å². The van der Waals surface area contributed by atoms with Crippen LogP contribution in [0.15, 0.2) is 42.5 Å². The van der Waals surface area contributed by atoms with Crippen LogP contribution in [0, 0.1) is 13.8 Å². The average molecular weight is 353 g/mol. The fourth-order valence-corrected chi connectivity index (χ4v) is 2.72. The number of benzene rings is 2. The molecule has 0 aliphatic heterocycles. The monoisotopic (exact) mass is 353 g/mol. The molecule has 2 aromatic rings. The van der Waals surface area contributed by atoms with Crippen LogP contribution in [0.25, 0.3) is 0 Å². The number of anilines is 1. The van der Waals surface area contributed by atoms with Gasteiger partial charge in [-0.2, -0.15) is 0 Å². The van der Waals surface area contributed by atoms with E-state index in [2.05, 4.69) is 19.2 Å². The molecule has 0 aliphatic carbocycles. The van der Waals surface area contributed by atoms with E-state index in [-0.39, 0.29) is 18.9 Å². The number of esters is 1. The van der Waals surface area contributed by atoms with Gasteiger partial charge in [-0.05, 0) is 54.5 Å². The number of carbonyl (C=O) groups excluding carboxylic acids is 2. The molecule has 0 heterocycles. The molecule has 2 rings (SSSR count). The van der Waals surface area contributed by atoms with Crippen molar-refractivity contribution < 1.29 is 14.3 Å². The van der Waals surface area contributed by atoms with E-state index in [1.807, 2.05) is 56.3 Å². The van der Waals surface area contributed by atoms with Gasteiger partial charge in [0, 0.05) is 5.69 Å². The van der Waals surface area contributed by atoms with Crippen LogP contribution in [0.1, 0.15) is 48.4 Å². The Kier molecular flexibility index (Phi) is 6.96. The summed E-state index contributed by atoms with van der Waals surface area (Å²) in [5, 5.41) is 2.85. The summed E-state index contributed by atoms with van der Waals surface area (Å²) < 4.78 is 5.13. The maximum atomic E-state index is 12.1. The number of rotatable bonds is 7. The maximum absolute atomic E-state index is 12.1. The Morgan fingerprint density at radius 1 is 1.08 bits per heavy atom. The second-order valence-electron chi connectivity index (χ2n) is 6.70. The molecule has 0 aromatic heterocycles. The highest BCUT2D eigenvalue weighted by molar-refractivity contribution is 5.93. The molecule has 0 bridgehead atoms. The first-order valence-electron chi connectivity index (χ1n) is 9.01. The lowest BCUT2D eigenvalue weighted by atomic mass is 9.97. The van der Waals surface area contributed by atoms with Gasteiger partial charge in [-0.15, -0.1) is 0 Å². The van der Waals surface area contributed by atoms with Crippen LogP contribution in [-0.2, 0) is 20.7 Å². The van der Waals surface area contributed by atoms with Gasteiger partial charge in [0.2, 0.25) is 0 Å². The lowest BCUT2D eigenvalue weighted by Crippen LogP contribution is -2.22. The highest BCUT2D eigenvalue weighted by atomic mass is 16.5. The number of amides is 1. The van der Waals surface area contributed by atoms with E-state index in [0.717, 1.165) is 28.8 Å². The van der Waals surface area contributed by atoms with Gasteiger partial charge >= 0.3 is 5.97 Å². The molecule has 0 aliphatic rings. The van der Waals surface area contributed by atoms with Gasteiger partial charge in [0.1, 0.15) is 0 Å². The number of nitrogens with one attached hydrogen (secondary N) is 1. The Balaban J connectivity index is 1.89. The van der Waals surface area contributed by atoms with E-state index < -0.39 is 5.97 Å². The second kappa shape index (κ2) is 9.18. The predicted molar refractivity (Wildman–Crippen MR) is 104 cm³/mol. The minimum Gasteiger partial charge on any atom is -0.455 e. The third-order valence-electron chi connectivity index (χ3n) is 4.66. The summed E-state index contributed by atoms with van der Waals surface area (Å²) in [6.07, 6.45) is 1.15. The molecule has 0 unspecified atom stereocenters. The fourth-order valence-electron chi connectivity index (χ4n) is 2.72. The van der Waals surface area contributed by atoms with E-state index in [9.17, 15) is 9.59 Å². The van der Waals surface area contributed by atoms with Gasteiger partial charge in [0.05, 0.1) is 6.42 Å². The van der Waals surface area contributed by atoms with Gasteiger partial charge in [0.15, 0.2) is 6.61 Å². The first kappa shape index (κ1) is 19.7. The van der Waals surface area contributed by atoms with Gasteiger partial charge in [-0.3, -0.25) is 9.59 Å². The quantitative estimate of drug-likeness (QED) is 0.744. The first-order valence-corrected chi connectivity index (χ1v) is 9.01. The predicted octanol–water partition coefficient (Wildman–Crippen LogP) is 4.54. The van der Waals surface area contributed by atoms with Crippen molar-refractivity contribution in [2.75, 3.05) is 11.9 Å². The lowest BCUT2D eigenvalue weighted by Gasteiger charge is -2.15. The van der Waals surface area contributed by atoms with Crippen LogP contribution < -0.4 is 5.32 Å². The number of ether oxygens (including phenoxy) is 1. The summed E-state index contributed by atoms with van der Waals surface area (Å²) in [7, 11) is 0. The number of hydrogen-bond acceptors (Lipinski definition) is 3. The lowest BCUT2D eigenvalue weighted by molar-refractivity contribution is -0.146. The zero-order valence-corrected chi connectivity index (χ0v) is 16.0. The SMILES string of the molecule is CC[C@H](C)c1ccccc1NC(=O)COC(=O)Cc1ccc(C)c(C)c1. The summed E-state index contributed by atoms with van der Waals surface area (Å²) in [5.74, 6) is -0.383. The van der Waals surface area contributed by atoms with Crippen LogP contribution in [0.5, 0.6) is 0 Å². The minimum absolute atomic E-state index is 0.165. The van der Waals surface area contributed by atoms with Gasteiger partial charge < -0.3 is 10.1 Å².